The summed E-state index contributed by atoms with van der Waals surface area (Å²) in [5, 5.41) is 12.3. The topological polar surface area (TPSA) is 60.2 Å². The predicted octanol–water partition coefficient (Wildman–Crippen LogP) is 1.23. The number of benzene rings is 2. The second kappa shape index (κ2) is 7.32. The van der Waals surface area contributed by atoms with E-state index < -0.39 is 0 Å². The number of phenols is 1. The number of esters is 1. The summed E-state index contributed by atoms with van der Waals surface area (Å²) in [7, 11) is 3.07. The van der Waals surface area contributed by atoms with Crippen molar-refractivity contribution in [3.8, 4) is 11.5 Å². The van der Waals surface area contributed by atoms with Gasteiger partial charge < -0.3 is 19.5 Å². The second-order valence-corrected chi connectivity index (χ2v) is 7.22. The fourth-order valence-corrected chi connectivity index (χ4v) is 4.40. The number of quaternary nitrogens is 1. The molecule has 24 heavy (non-hydrogen) atoms. The number of aromatic hydroxyl groups is 1. The number of nitrogens with one attached hydrogen (secondary N) is 1. The van der Waals surface area contributed by atoms with E-state index in [1.54, 1.807) is 24.9 Å². The Kier molecular flexibility index (Phi) is 5.16. The Bertz CT molecular complexity index is 749. The van der Waals surface area contributed by atoms with Crippen molar-refractivity contribution in [2.75, 3.05) is 33.1 Å². The quantitative estimate of drug-likeness (QED) is 0.814. The Hall–Kier alpha value is -1.92. The standard InChI is InChI=1S/C18H21NO4S/c1-22-13-5-3-12-4-6-16(20)15(14(12)9-13)10-19-7-8-24-17(11-19)18(21)23-2/h3-6,9,17,20H,7-8,10-11H2,1-2H3/p+1/t17-/m1/s1. The normalized spacial score (nSPS) is 20.8. The Morgan fingerprint density at radius 2 is 2.12 bits per heavy atom. The van der Waals surface area contributed by atoms with Gasteiger partial charge in [-0.05, 0) is 29.0 Å². The summed E-state index contributed by atoms with van der Waals surface area (Å²) in [6, 6.07) is 9.52. The van der Waals surface area contributed by atoms with Crippen LogP contribution in [0.25, 0.3) is 10.8 Å². The van der Waals surface area contributed by atoms with Crippen LogP contribution >= 0.6 is 11.8 Å². The summed E-state index contributed by atoms with van der Waals surface area (Å²) >= 11 is 1.65. The number of carbonyl (C=O) groups is 1. The van der Waals surface area contributed by atoms with Crippen molar-refractivity contribution < 1.29 is 24.3 Å². The minimum atomic E-state index is -0.166. The van der Waals surface area contributed by atoms with Crippen LogP contribution in [0.3, 0.4) is 0 Å². The van der Waals surface area contributed by atoms with Gasteiger partial charge in [-0.25, -0.2) is 0 Å². The zero-order valence-corrected chi connectivity index (χ0v) is 14.7. The molecule has 2 aromatic rings. The SMILES string of the molecule is COC(=O)[C@H]1C[NH+](Cc2c(O)ccc3ccc(OC)cc23)CCS1. The molecule has 6 heteroatoms. The first-order chi connectivity index (χ1) is 11.6. The van der Waals surface area contributed by atoms with Gasteiger partial charge in [0.1, 0.15) is 24.6 Å². The lowest BCUT2D eigenvalue weighted by Crippen LogP contribution is -3.13. The van der Waals surface area contributed by atoms with Crippen LogP contribution < -0.4 is 9.64 Å². The Balaban J connectivity index is 1.88. The van der Waals surface area contributed by atoms with Gasteiger partial charge in [0.15, 0.2) is 5.25 Å². The molecule has 0 radical (unpaired) electrons. The van der Waals surface area contributed by atoms with E-state index in [2.05, 4.69) is 0 Å². The van der Waals surface area contributed by atoms with Gasteiger partial charge in [-0.15, -0.1) is 11.8 Å². The van der Waals surface area contributed by atoms with Crippen LogP contribution in [0.4, 0.5) is 0 Å². The van der Waals surface area contributed by atoms with Crippen molar-refractivity contribution in [1.82, 2.24) is 0 Å². The molecule has 1 fully saturated rings. The van der Waals surface area contributed by atoms with Gasteiger partial charge in [0.2, 0.25) is 0 Å². The zero-order valence-electron chi connectivity index (χ0n) is 13.9. The van der Waals surface area contributed by atoms with E-state index >= 15 is 0 Å². The van der Waals surface area contributed by atoms with Crippen molar-refractivity contribution in [3.05, 3.63) is 35.9 Å². The summed E-state index contributed by atoms with van der Waals surface area (Å²) < 4.78 is 10.2. The second-order valence-electron chi connectivity index (χ2n) is 5.91. The van der Waals surface area contributed by atoms with Crippen LogP contribution in [0, 0.1) is 0 Å². The molecule has 0 aromatic heterocycles. The van der Waals surface area contributed by atoms with Gasteiger partial charge >= 0.3 is 5.97 Å². The summed E-state index contributed by atoms with van der Waals surface area (Å²) in [4.78, 5) is 13.1. The Labute approximate surface area is 145 Å². The van der Waals surface area contributed by atoms with Crippen LogP contribution in [0.5, 0.6) is 11.5 Å². The number of methoxy groups -OCH3 is 2. The lowest BCUT2D eigenvalue weighted by molar-refractivity contribution is -0.911. The summed E-state index contributed by atoms with van der Waals surface area (Å²) in [5.74, 6) is 1.80. The molecule has 3 rings (SSSR count). The lowest BCUT2D eigenvalue weighted by atomic mass is 10.0. The number of fused-ring (bicyclic) bond motifs is 1. The van der Waals surface area contributed by atoms with Crippen LogP contribution in [-0.4, -0.2) is 49.4 Å². The van der Waals surface area contributed by atoms with Gasteiger partial charge in [0.25, 0.3) is 0 Å². The largest absolute Gasteiger partial charge is 0.507 e. The Morgan fingerprint density at radius 3 is 2.88 bits per heavy atom. The van der Waals surface area contributed by atoms with Gasteiger partial charge in [0, 0.05) is 5.75 Å². The molecule has 0 spiro atoms. The van der Waals surface area contributed by atoms with E-state index in [1.807, 2.05) is 24.3 Å². The molecule has 0 aliphatic carbocycles. The first kappa shape index (κ1) is 16.9. The molecule has 1 saturated heterocycles. The minimum absolute atomic E-state index is 0.134. The van der Waals surface area contributed by atoms with Crippen molar-refractivity contribution in [1.29, 1.82) is 0 Å². The van der Waals surface area contributed by atoms with Gasteiger partial charge in [-0.1, -0.05) is 12.1 Å². The molecule has 2 aromatic carbocycles. The fourth-order valence-electron chi connectivity index (χ4n) is 3.12. The molecule has 2 atom stereocenters. The molecule has 2 N–H and O–H groups in total. The molecular weight excluding hydrogens is 326 g/mol. The molecule has 0 bridgehead atoms. The first-order valence-corrected chi connectivity index (χ1v) is 8.99. The number of ether oxygens (including phenoxy) is 2. The number of rotatable bonds is 4. The molecule has 0 saturated carbocycles. The average molecular weight is 348 g/mol. The summed E-state index contributed by atoms with van der Waals surface area (Å²) in [5.41, 5.74) is 0.900. The van der Waals surface area contributed by atoms with Crippen LogP contribution in [0.2, 0.25) is 0 Å². The zero-order chi connectivity index (χ0) is 17.1. The minimum Gasteiger partial charge on any atom is -0.507 e. The molecule has 128 valence electrons. The summed E-state index contributed by atoms with van der Waals surface area (Å²) in [6.45, 7) is 2.33. The predicted molar refractivity (Wildman–Crippen MR) is 94.8 cm³/mol. The average Bonchev–Trinajstić information content (AvgIpc) is 2.63. The maximum Gasteiger partial charge on any atom is 0.324 e. The van der Waals surface area contributed by atoms with E-state index in [1.165, 1.54) is 12.0 Å². The van der Waals surface area contributed by atoms with Crippen molar-refractivity contribution in [3.63, 3.8) is 0 Å². The van der Waals surface area contributed by atoms with E-state index in [-0.39, 0.29) is 17.0 Å². The van der Waals surface area contributed by atoms with Gasteiger partial charge in [-0.2, -0.15) is 0 Å². The van der Waals surface area contributed by atoms with Crippen LogP contribution in [-0.2, 0) is 16.1 Å². The third-order valence-electron chi connectivity index (χ3n) is 4.46. The molecular formula is C18H22NO4S+. The number of carbonyl (C=O) groups excluding carboxylic acids is 1. The molecule has 0 amide bonds. The number of hydrogen-bond donors (Lipinski definition) is 2. The van der Waals surface area contributed by atoms with Crippen LogP contribution in [0.1, 0.15) is 5.56 Å². The van der Waals surface area contributed by atoms with Crippen LogP contribution in [0.15, 0.2) is 30.3 Å². The number of phenolic OH excluding ortho intramolecular Hbond substituents is 1. The van der Waals surface area contributed by atoms with Crippen molar-refractivity contribution >= 4 is 28.5 Å². The maximum atomic E-state index is 11.8. The Morgan fingerprint density at radius 1 is 1.33 bits per heavy atom. The molecule has 1 aliphatic rings. The van der Waals surface area contributed by atoms with Crippen molar-refractivity contribution in [2.24, 2.45) is 0 Å². The van der Waals surface area contributed by atoms with E-state index in [4.69, 9.17) is 9.47 Å². The van der Waals surface area contributed by atoms with Gasteiger partial charge in [-0.3, -0.25) is 4.79 Å². The van der Waals surface area contributed by atoms with E-state index in [0.29, 0.717) is 13.1 Å². The van der Waals surface area contributed by atoms with Gasteiger partial charge in [0.05, 0.1) is 26.3 Å². The number of thioether (sulfide) groups is 1. The first-order valence-electron chi connectivity index (χ1n) is 7.94. The highest BCUT2D eigenvalue weighted by Gasteiger charge is 2.30. The summed E-state index contributed by atoms with van der Waals surface area (Å²) in [6.07, 6.45) is 0. The van der Waals surface area contributed by atoms with E-state index in [9.17, 15) is 9.90 Å². The third-order valence-corrected chi connectivity index (χ3v) is 5.66. The molecule has 5 nitrogen and oxygen atoms in total. The highest BCUT2D eigenvalue weighted by atomic mass is 32.2. The molecule has 1 aliphatic heterocycles. The highest BCUT2D eigenvalue weighted by Crippen LogP contribution is 2.29. The lowest BCUT2D eigenvalue weighted by Gasteiger charge is -2.28. The van der Waals surface area contributed by atoms with Crippen molar-refractivity contribution in [2.45, 2.75) is 11.8 Å². The van der Waals surface area contributed by atoms with E-state index in [0.717, 1.165) is 34.4 Å². The smallest absolute Gasteiger partial charge is 0.324 e. The molecule has 1 heterocycles. The molecule has 1 unspecified atom stereocenters. The fraction of sp³-hybridized carbons (Fsp3) is 0.389. The third kappa shape index (κ3) is 3.44. The maximum absolute atomic E-state index is 11.8. The number of hydrogen-bond acceptors (Lipinski definition) is 5. The monoisotopic (exact) mass is 348 g/mol. The highest BCUT2D eigenvalue weighted by molar-refractivity contribution is 8.00.